The Morgan fingerprint density at radius 2 is 1.95 bits per heavy atom. The van der Waals surface area contributed by atoms with Gasteiger partial charge in [0.1, 0.15) is 11.9 Å². The maximum atomic E-state index is 13.1. The molecule has 0 saturated heterocycles. The maximum Gasteiger partial charge on any atom is 0.141 e. The molecule has 2 aromatic carbocycles. The number of rotatable bonds is 3. The summed E-state index contributed by atoms with van der Waals surface area (Å²) in [6, 6.07) is 12.1. The molecule has 0 bridgehead atoms. The van der Waals surface area contributed by atoms with Crippen molar-refractivity contribution in [2.24, 2.45) is 0 Å². The van der Waals surface area contributed by atoms with Crippen LogP contribution in [-0.2, 0) is 0 Å². The van der Waals surface area contributed by atoms with Gasteiger partial charge in [0.05, 0.1) is 6.07 Å². The van der Waals surface area contributed by atoms with E-state index in [0.29, 0.717) is 21.3 Å². The van der Waals surface area contributed by atoms with E-state index in [2.05, 4.69) is 11.4 Å². The Kier molecular flexibility index (Phi) is 4.26. The first-order chi connectivity index (χ1) is 9.10. The van der Waals surface area contributed by atoms with Gasteiger partial charge in [0.15, 0.2) is 0 Å². The first-order valence-corrected chi connectivity index (χ1v) is 6.22. The number of halogens is 3. The fourth-order valence-corrected chi connectivity index (χ4v) is 2.07. The molecule has 2 aromatic rings. The molecular formula is C14H9Cl2FN2. The quantitative estimate of drug-likeness (QED) is 0.882. The second kappa shape index (κ2) is 5.92. The average molecular weight is 295 g/mol. The maximum absolute atomic E-state index is 13.1. The van der Waals surface area contributed by atoms with Crippen molar-refractivity contribution < 1.29 is 4.39 Å². The summed E-state index contributed by atoms with van der Waals surface area (Å²) >= 11 is 11.9. The van der Waals surface area contributed by atoms with Gasteiger partial charge in [-0.05, 0) is 36.4 Å². The van der Waals surface area contributed by atoms with E-state index in [0.717, 1.165) is 0 Å². The molecule has 19 heavy (non-hydrogen) atoms. The van der Waals surface area contributed by atoms with Crippen LogP contribution in [0.4, 0.5) is 10.1 Å². The molecule has 0 saturated carbocycles. The first kappa shape index (κ1) is 13.7. The van der Waals surface area contributed by atoms with Crippen molar-refractivity contribution in [2.75, 3.05) is 5.32 Å². The molecule has 2 nitrogen and oxygen atoms in total. The van der Waals surface area contributed by atoms with Gasteiger partial charge in [0.2, 0.25) is 0 Å². The summed E-state index contributed by atoms with van der Waals surface area (Å²) in [7, 11) is 0. The number of nitrogens with one attached hydrogen (secondary N) is 1. The Morgan fingerprint density at radius 1 is 1.16 bits per heavy atom. The van der Waals surface area contributed by atoms with Crippen molar-refractivity contribution in [3.63, 3.8) is 0 Å². The van der Waals surface area contributed by atoms with Crippen LogP contribution in [0.3, 0.4) is 0 Å². The van der Waals surface area contributed by atoms with Crippen LogP contribution in [0.25, 0.3) is 0 Å². The minimum Gasteiger partial charge on any atom is -0.366 e. The van der Waals surface area contributed by atoms with Crippen molar-refractivity contribution in [3.05, 3.63) is 63.9 Å². The fourth-order valence-electron chi connectivity index (χ4n) is 1.66. The topological polar surface area (TPSA) is 35.8 Å². The van der Waals surface area contributed by atoms with Gasteiger partial charge >= 0.3 is 0 Å². The smallest absolute Gasteiger partial charge is 0.141 e. The molecule has 0 heterocycles. The summed E-state index contributed by atoms with van der Waals surface area (Å²) in [4.78, 5) is 0. The molecule has 0 radical (unpaired) electrons. The Hall–Kier alpha value is -1.76. The van der Waals surface area contributed by atoms with E-state index < -0.39 is 6.04 Å². The lowest BCUT2D eigenvalue weighted by Crippen LogP contribution is -2.09. The van der Waals surface area contributed by atoms with Gasteiger partial charge in [-0.3, -0.25) is 0 Å². The molecular weight excluding hydrogens is 286 g/mol. The second-order valence-corrected chi connectivity index (χ2v) is 4.73. The molecule has 1 N–H and O–H groups in total. The van der Waals surface area contributed by atoms with Crippen LogP contribution in [0.15, 0.2) is 42.5 Å². The van der Waals surface area contributed by atoms with E-state index in [9.17, 15) is 9.65 Å². The standard InChI is InChI=1S/C14H9Cl2FN2/c15-9-4-5-13(16)12(6-9)14(8-18)19-11-3-1-2-10(17)7-11/h1-7,14,19H. The van der Waals surface area contributed by atoms with Crippen LogP contribution in [0, 0.1) is 17.1 Å². The van der Waals surface area contributed by atoms with Gasteiger partial charge in [0.25, 0.3) is 0 Å². The van der Waals surface area contributed by atoms with E-state index in [-0.39, 0.29) is 5.82 Å². The van der Waals surface area contributed by atoms with Crippen LogP contribution < -0.4 is 5.32 Å². The summed E-state index contributed by atoms with van der Waals surface area (Å²) in [5.74, 6) is -0.376. The molecule has 1 atom stereocenters. The molecule has 0 aliphatic carbocycles. The fraction of sp³-hybridized carbons (Fsp3) is 0.0714. The largest absolute Gasteiger partial charge is 0.366 e. The Balaban J connectivity index is 2.31. The molecule has 0 aliphatic heterocycles. The minimum absolute atomic E-state index is 0.376. The third-order valence-electron chi connectivity index (χ3n) is 2.53. The highest BCUT2D eigenvalue weighted by atomic mass is 35.5. The predicted molar refractivity (Wildman–Crippen MR) is 74.8 cm³/mol. The first-order valence-electron chi connectivity index (χ1n) is 5.47. The van der Waals surface area contributed by atoms with Crippen LogP contribution in [-0.4, -0.2) is 0 Å². The van der Waals surface area contributed by atoms with Crippen LogP contribution >= 0.6 is 23.2 Å². The lowest BCUT2D eigenvalue weighted by molar-refractivity contribution is 0.628. The number of nitriles is 1. The van der Waals surface area contributed by atoms with E-state index in [1.165, 1.54) is 12.1 Å². The predicted octanol–water partition coefficient (Wildman–Crippen LogP) is 4.81. The van der Waals surface area contributed by atoms with Gasteiger partial charge in [-0.2, -0.15) is 5.26 Å². The monoisotopic (exact) mass is 294 g/mol. The molecule has 0 fully saturated rings. The molecule has 5 heteroatoms. The van der Waals surface area contributed by atoms with Crippen molar-refractivity contribution in [3.8, 4) is 6.07 Å². The number of benzene rings is 2. The van der Waals surface area contributed by atoms with Gasteiger partial charge in [0, 0.05) is 21.3 Å². The van der Waals surface area contributed by atoms with Gasteiger partial charge < -0.3 is 5.32 Å². The van der Waals surface area contributed by atoms with Crippen molar-refractivity contribution >= 4 is 28.9 Å². The van der Waals surface area contributed by atoms with Gasteiger partial charge in [-0.15, -0.1) is 0 Å². The van der Waals surface area contributed by atoms with E-state index >= 15 is 0 Å². The highest BCUT2D eigenvalue weighted by Gasteiger charge is 2.14. The normalized spacial score (nSPS) is 11.7. The van der Waals surface area contributed by atoms with E-state index in [4.69, 9.17) is 23.2 Å². The van der Waals surface area contributed by atoms with Crippen molar-refractivity contribution in [2.45, 2.75) is 6.04 Å². The van der Waals surface area contributed by atoms with Crippen molar-refractivity contribution in [1.82, 2.24) is 0 Å². The summed E-state index contributed by atoms with van der Waals surface area (Å²) < 4.78 is 13.1. The number of hydrogen-bond acceptors (Lipinski definition) is 2. The lowest BCUT2D eigenvalue weighted by atomic mass is 10.1. The Bertz CT molecular complexity index is 638. The molecule has 0 aliphatic rings. The summed E-state index contributed by atoms with van der Waals surface area (Å²) in [5, 5.41) is 13.0. The van der Waals surface area contributed by atoms with Crippen LogP contribution in [0.2, 0.25) is 10.0 Å². The summed E-state index contributed by atoms with van der Waals surface area (Å²) in [6.07, 6.45) is 0. The second-order valence-electron chi connectivity index (χ2n) is 3.88. The highest BCUT2D eigenvalue weighted by molar-refractivity contribution is 6.33. The molecule has 2 rings (SSSR count). The zero-order valence-corrected chi connectivity index (χ0v) is 11.2. The third-order valence-corrected chi connectivity index (χ3v) is 3.11. The Labute approximate surface area is 120 Å². The number of hydrogen-bond donors (Lipinski definition) is 1. The summed E-state index contributed by atoms with van der Waals surface area (Å²) in [5.41, 5.74) is 1.06. The number of anilines is 1. The van der Waals surface area contributed by atoms with Crippen molar-refractivity contribution in [1.29, 1.82) is 5.26 Å². The zero-order valence-electron chi connectivity index (χ0n) is 9.70. The molecule has 0 spiro atoms. The lowest BCUT2D eigenvalue weighted by Gasteiger charge is -2.15. The van der Waals surface area contributed by atoms with E-state index in [1.54, 1.807) is 30.3 Å². The molecule has 1 unspecified atom stereocenters. The summed E-state index contributed by atoms with van der Waals surface area (Å²) in [6.45, 7) is 0. The minimum atomic E-state index is -0.701. The highest BCUT2D eigenvalue weighted by Crippen LogP contribution is 2.28. The number of nitrogens with zero attached hydrogens (tertiary/aromatic N) is 1. The van der Waals surface area contributed by atoms with Gasteiger partial charge in [-0.25, -0.2) is 4.39 Å². The molecule has 96 valence electrons. The molecule has 0 amide bonds. The van der Waals surface area contributed by atoms with Gasteiger partial charge in [-0.1, -0.05) is 29.3 Å². The van der Waals surface area contributed by atoms with Crippen LogP contribution in [0.5, 0.6) is 0 Å². The SMILES string of the molecule is N#CC(Nc1cccc(F)c1)c1cc(Cl)ccc1Cl. The Morgan fingerprint density at radius 3 is 2.63 bits per heavy atom. The zero-order chi connectivity index (χ0) is 13.8. The average Bonchev–Trinajstić information content (AvgIpc) is 2.39. The van der Waals surface area contributed by atoms with E-state index in [1.807, 2.05) is 0 Å². The van der Waals surface area contributed by atoms with Crippen LogP contribution in [0.1, 0.15) is 11.6 Å². The third kappa shape index (κ3) is 3.37. The molecule has 0 aromatic heterocycles.